The van der Waals surface area contributed by atoms with Crippen molar-refractivity contribution in [3.05, 3.63) is 40.1 Å². The van der Waals surface area contributed by atoms with Crippen molar-refractivity contribution in [2.24, 2.45) is 0 Å². The molecular formula is C18H22N4O2S. The molecule has 0 saturated heterocycles. The Morgan fingerprint density at radius 1 is 1.28 bits per heavy atom. The molecule has 3 rings (SSSR count). The smallest absolute Gasteiger partial charge is 0.230 e. The van der Waals surface area contributed by atoms with Gasteiger partial charge in [-0.3, -0.25) is 4.79 Å². The Kier molecular flexibility index (Phi) is 5.15. The van der Waals surface area contributed by atoms with Crippen LogP contribution in [0.15, 0.2) is 22.8 Å². The molecular weight excluding hydrogens is 336 g/mol. The second kappa shape index (κ2) is 7.33. The van der Waals surface area contributed by atoms with E-state index < -0.39 is 0 Å². The molecule has 0 radical (unpaired) electrons. The molecule has 25 heavy (non-hydrogen) atoms. The maximum absolute atomic E-state index is 12.4. The van der Waals surface area contributed by atoms with Crippen molar-refractivity contribution >= 4 is 33.3 Å². The summed E-state index contributed by atoms with van der Waals surface area (Å²) in [6.07, 6.45) is 2.74. The fourth-order valence-corrected chi connectivity index (χ4v) is 3.56. The van der Waals surface area contributed by atoms with Crippen LogP contribution >= 0.6 is 11.3 Å². The highest BCUT2D eigenvalue weighted by Crippen LogP contribution is 2.27. The number of likely N-dealkylation sites (N-methyl/N-ethyl adjacent to an activating group) is 1. The lowest BCUT2D eigenvalue weighted by Gasteiger charge is -2.05. The number of benzene rings is 1. The van der Waals surface area contributed by atoms with Crippen LogP contribution in [0.3, 0.4) is 0 Å². The highest BCUT2D eigenvalue weighted by Gasteiger charge is 2.14. The van der Waals surface area contributed by atoms with Crippen LogP contribution in [-0.2, 0) is 17.6 Å². The van der Waals surface area contributed by atoms with Crippen LogP contribution in [0, 0.1) is 13.8 Å². The van der Waals surface area contributed by atoms with Gasteiger partial charge in [0.1, 0.15) is 10.6 Å². The predicted octanol–water partition coefficient (Wildman–Crippen LogP) is 3.19. The minimum absolute atomic E-state index is 0.113. The lowest BCUT2D eigenvalue weighted by Crippen LogP contribution is -2.14. The van der Waals surface area contributed by atoms with Crippen LogP contribution in [0.5, 0.6) is 0 Å². The van der Waals surface area contributed by atoms with Gasteiger partial charge in [-0.2, -0.15) is 0 Å². The molecule has 0 aliphatic carbocycles. The van der Waals surface area contributed by atoms with Gasteiger partial charge in [0, 0.05) is 23.9 Å². The van der Waals surface area contributed by atoms with Crippen molar-refractivity contribution in [2.45, 2.75) is 26.7 Å². The van der Waals surface area contributed by atoms with Gasteiger partial charge in [0.15, 0.2) is 0 Å². The van der Waals surface area contributed by atoms with Crippen LogP contribution in [0.2, 0.25) is 0 Å². The Balaban J connectivity index is 1.67. The largest absolute Gasteiger partial charge is 0.464 e. The van der Waals surface area contributed by atoms with Gasteiger partial charge in [-0.05, 0) is 45.1 Å². The lowest BCUT2D eigenvalue weighted by atomic mass is 10.0. The number of carbonyl (C=O) groups is 1. The van der Waals surface area contributed by atoms with Gasteiger partial charge in [0.2, 0.25) is 11.0 Å². The van der Waals surface area contributed by atoms with E-state index in [2.05, 4.69) is 26.5 Å². The third-order valence-electron chi connectivity index (χ3n) is 3.93. The van der Waals surface area contributed by atoms with Crippen LogP contribution in [0.1, 0.15) is 21.7 Å². The average Bonchev–Trinajstić information content (AvgIpc) is 3.12. The summed E-state index contributed by atoms with van der Waals surface area (Å²) in [5.41, 5.74) is 3.98. The molecule has 3 aromatic rings. The van der Waals surface area contributed by atoms with Crippen LogP contribution in [0.25, 0.3) is 11.0 Å². The van der Waals surface area contributed by atoms with E-state index in [0.717, 1.165) is 45.6 Å². The number of furan rings is 1. The van der Waals surface area contributed by atoms with Gasteiger partial charge >= 0.3 is 0 Å². The molecule has 2 aromatic heterocycles. The number of nitrogens with one attached hydrogen (secondary N) is 1. The molecule has 0 aliphatic rings. The van der Waals surface area contributed by atoms with E-state index in [1.54, 1.807) is 6.26 Å². The summed E-state index contributed by atoms with van der Waals surface area (Å²) in [4.78, 5) is 14.4. The average molecular weight is 358 g/mol. The zero-order valence-electron chi connectivity index (χ0n) is 14.9. The summed E-state index contributed by atoms with van der Waals surface area (Å²) in [5, 5.41) is 13.5. The maximum Gasteiger partial charge on any atom is 0.230 e. The fourth-order valence-electron chi connectivity index (χ4n) is 2.82. The minimum Gasteiger partial charge on any atom is -0.464 e. The van der Waals surface area contributed by atoms with Gasteiger partial charge < -0.3 is 14.6 Å². The highest BCUT2D eigenvalue weighted by atomic mass is 32.1. The third-order valence-corrected chi connectivity index (χ3v) is 4.83. The predicted molar refractivity (Wildman–Crippen MR) is 100 cm³/mol. The first-order chi connectivity index (χ1) is 11.9. The second-order valence-electron chi connectivity index (χ2n) is 6.50. The van der Waals surface area contributed by atoms with E-state index in [1.807, 2.05) is 34.0 Å². The third kappa shape index (κ3) is 4.24. The summed E-state index contributed by atoms with van der Waals surface area (Å²) in [6.45, 7) is 4.97. The van der Waals surface area contributed by atoms with E-state index in [4.69, 9.17) is 4.42 Å². The number of anilines is 1. The van der Waals surface area contributed by atoms with Gasteiger partial charge in [0.05, 0.1) is 12.7 Å². The molecule has 0 spiro atoms. The maximum atomic E-state index is 12.4. The molecule has 0 fully saturated rings. The van der Waals surface area contributed by atoms with Gasteiger partial charge in [-0.25, -0.2) is 0 Å². The number of nitrogens with zero attached hydrogens (tertiary/aromatic N) is 3. The standard InChI is InChI=1S/C18H22N4O2S/c1-11-7-12(2)17-13(10-24-14(17)8-11)9-15(23)19-18-21-20-16(25-18)5-6-22(3)4/h7-8,10H,5-6,9H2,1-4H3,(H,19,21,23). The molecule has 1 N–H and O–H groups in total. The number of aromatic nitrogens is 2. The van der Waals surface area contributed by atoms with Crippen LogP contribution in [-0.4, -0.2) is 41.6 Å². The van der Waals surface area contributed by atoms with Gasteiger partial charge in [-0.1, -0.05) is 17.4 Å². The number of aryl methyl sites for hydroxylation is 2. The first kappa shape index (κ1) is 17.6. The Bertz CT molecular complexity index is 898. The number of fused-ring (bicyclic) bond motifs is 1. The minimum atomic E-state index is -0.113. The molecule has 1 amide bonds. The normalized spacial score (nSPS) is 11.4. The Hall–Kier alpha value is -2.25. The fraction of sp³-hybridized carbons (Fsp3) is 0.389. The Morgan fingerprint density at radius 3 is 2.84 bits per heavy atom. The van der Waals surface area contributed by atoms with E-state index >= 15 is 0 Å². The zero-order chi connectivity index (χ0) is 18.0. The van der Waals surface area contributed by atoms with Crippen molar-refractivity contribution in [3.8, 4) is 0 Å². The van der Waals surface area contributed by atoms with E-state index in [-0.39, 0.29) is 12.3 Å². The number of amides is 1. The van der Waals surface area contributed by atoms with Crippen molar-refractivity contribution in [2.75, 3.05) is 26.0 Å². The van der Waals surface area contributed by atoms with Crippen molar-refractivity contribution in [3.63, 3.8) is 0 Å². The van der Waals surface area contributed by atoms with Gasteiger partial charge in [0.25, 0.3) is 0 Å². The van der Waals surface area contributed by atoms with Crippen molar-refractivity contribution in [1.29, 1.82) is 0 Å². The first-order valence-corrected chi connectivity index (χ1v) is 8.98. The number of hydrogen-bond acceptors (Lipinski definition) is 6. The summed E-state index contributed by atoms with van der Waals surface area (Å²) >= 11 is 1.42. The van der Waals surface area contributed by atoms with Crippen LogP contribution < -0.4 is 5.32 Å². The Labute approximate surface area is 150 Å². The number of rotatable bonds is 6. The van der Waals surface area contributed by atoms with Crippen molar-refractivity contribution in [1.82, 2.24) is 15.1 Å². The molecule has 0 bridgehead atoms. The molecule has 2 heterocycles. The quantitative estimate of drug-likeness (QED) is 0.733. The van der Waals surface area contributed by atoms with Crippen molar-refractivity contribution < 1.29 is 9.21 Å². The van der Waals surface area contributed by atoms with Crippen LogP contribution in [0.4, 0.5) is 5.13 Å². The second-order valence-corrected chi connectivity index (χ2v) is 7.56. The monoisotopic (exact) mass is 358 g/mol. The molecule has 0 atom stereocenters. The molecule has 0 aliphatic heterocycles. The SMILES string of the molecule is Cc1cc(C)c2c(CC(=O)Nc3nnc(CCN(C)C)s3)coc2c1. The lowest BCUT2D eigenvalue weighted by molar-refractivity contribution is -0.115. The van der Waals surface area contributed by atoms with E-state index in [0.29, 0.717) is 5.13 Å². The summed E-state index contributed by atoms with van der Waals surface area (Å²) in [6, 6.07) is 4.09. The summed E-state index contributed by atoms with van der Waals surface area (Å²) in [7, 11) is 4.03. The van der Waals surface area contributed by atoms with E-state index in [9.17, 15) is 4.79 Å². The van der Waals surface area contributed by atoms with E-state index in [1.165, 1.54) is 11.3 Å². The molecule has 0 unspecified atom stereocenters. The summed E-state index contributed by atoms with van der Waals surface area (Å²) < 4.78 is 5.61. The Morgan fingerprint density at radius 2 is 2.08 bits per heavy atom. The molecule has 132 valence electrons. The molecule has 0 saturated carbocycles. The molecule has 7 heteroatoms. The zero-order valence-corrected chi connectivity index (χ0v) is 15.7. The topological polar surface area (TPSA) is 71.3 Å². The molecule has 6 nitrogen and oxygen atoms in total. The highest BCUT2D eigenvalue weighted by molar-refractivity contribution is 7.15. The molecule has 1 aromatic carbocycles. The number of carbonyl (C=O) groups excluding carboxylic acids is 1. The first-order valence-electron chi connectivity index (χ1n) is 8.16. The summed E-state index contributed by atoms with van der Waals surface area (Å²) in [5.74, 6) is -0.113. The number of hydrogen-bond donors (Lipinski definition) is 1. The van der Waals surface area contributed by atoms with Gasteiger partial charge in [-0.15, -0.1) is 10.2 Å².